The van der Waals surface area contributed by atoms with Gasteiger partial charge in [0.05, 0.1) is 0 Å². The van der Waals surface area contributed by atoms with E-state index in [1.54, 1.807) is 6.21 Å². The van der Waals surface area contributed by atoms with Crippen LogP contribution in [0, 0.1) is 5.92 Å². The summed E-state index contributed by atoms with van der Waals surface area (Å²) in [4.78, 5) is 14.5. The molecule has 0 amide bonds. The van der Waals surface area contributed by atoms with E-state index < -0.39 is 0 Å². The van der Waals surface area contributed by atoms with E-state index in [0.717, 1.165) is 19.3 Å². The van der Waals surface area contributed by atoms with Gasteiger partial charge in [0.1, 0.15) is 6.29 Å². The van der Waals surface area contributed by atoms with Crippen LogP contribution >= 0.6 is 0 Å². The van der Waals surface area contributed by atoms with E-state index in [1.165, 1.54) is 19.3 Å². The molecule has 0 aromatic rings. The van der Waals surface area contributed by atoms with Crippen molar-refractivity contribution in [3.05, 3.63) is 0 Å². The molecule has 0 fully saturated rings. The van der Waals surface area contributed by atoms with Gasteiger partial charge in [-0.1, -0.05) is 12.8 Å². The Kier molecular flexibility index (Phi) is 3.13. The largest absolute Gasteiger partial charge is 0.303 e. The molecule has 1 rings (SSSR count). The highest BCUT2D eigenvalue weighted by Gasteiger charge is 2.04. The Bertz CT molecular complexity index is 131. The molecule has 0 bridgehead atoms. The number of hydrogen-bond donors (Lipinski definition) is 0. The molecular formula is C8H13NO. The molecule has 0 N–H and O–H groups in total. The van der Waals surface area contributed by atoms with E-state index >= 15 is 0 Å². The van der Waals surface area contributed by atoms with E-state index in [4.69, 9.17) is 0 Å². The Balaban J connectivity index is 2.40. The fourth-order valence-electron chi connectivity index (χ4n) is 1.15. The lowest BCUT2D eigenvalue weighted by Crippen LogP contribution is -2.06. The topological polar surface area (TPSA) is 29.4 Å². The van der Waals surface area contributed by atoms with Gasteiger partial charge < -0.3 is 4.79 Å². The van der Waals surface area contributed by atoms with E-state index in [1.807, 2.05) is 0 Å². The van der Waals surface area contributed by atoms with E-state index in [-0.39, 0.29) is 5.92 Å². The summed E-state index contributed by atoms with van der Waals surface area (Å²) in [6.45, 7) is 0.907. The number of hydrogen-bond acceptors (Lipinski definition) is 2. The summed E-state index contributed by atoms with van der Waals surface area (Å²) in [5, 5.41) is 0. The van der Waals surface area contributed by atoms with Crippen molar-refractivity contribution in [2.24, 2.45) is 10.9 Å². The highest BCUT2D eigenvalue weighted by Crippen LogP contribution is 2.09. The Morgan fingerprint density at radius 2 is 2.30 bits per heavy atom. The molecule has 0 saturated heterocycles. The minimum Gasteiger partial charge on any atom is -0.303 e. The summed E-state index contributed by atoms with van der Waals surface area (Å²) in [5.41, 5.74) is 0. The van der Waals surface area contributed by atoms with Gasteiger partial charge in [-0.15, -0.1) is 0 Å². The molecule has 2 nitrogen and oxygen atoms in total. The van der Waals surface area contributed by atoms with Crippen molar-refractivity contribution >= 4 is 12.5 Å². The quantitative estimate of drug-likeness (QED) is 0.505. The van der Waals surface area contributed by atoms with Gasteiger partial charge in [-0.3, -0.25) is 4.99 Å². The molecule has 1 aliphatic rings. The molecule has 0 spiro atoms. The number of aliphatic imine (C=N–C) groups is 1. The molecule has 1 atom stereocenters. The Labute approximate surface area is 61.3 Å². The van der Waals surface area contributed by atoms with Crippen molar-refractivity contribution in [2.45, 2.75) is 25.7 Å². The molecule has 10 heavy (non-hydrogen) atoms. The minimum absolute atomic E-state index is 0.0975. The van der Waals surface area contributed by atoms with Crippen LogP contribution < -0.4 is 0 Å². The third kappa shape index (κ3) is 2.29. The smallest absolute Gasteiger partial charge is 0.128 e. The van der Waals surface area contributed by atoms with Crippen LogP contribution in [-0.2, 0) is 4.79 Å². The van der Waals surface area contributed by atoms with Crippen molar-refractivity contribution in [3.63, 3.8) is 0 Å². The number of nitrogens with zero attached hydrogens (tertiary/aromatic N) is 1. The molecule has 2 heteroatoms. The fraction of sp³-hybridized carbons (Fsp3) is 0.750. The first-order valence-electron chi connectivity index (χ1n) is 3.89. The van der Waals surface area contributed by atoms with Crippen molar-refractivity contribution in [3.8, 4) is 0 Å². The van der Waals surface area contributed by atoms with Crippen LogP contribution in [-0.4, -0.2) is 19.0 Å². The van der Waals surface area contributed by atoms with Crippen LogP contribution in [0.3, 0.4) is 0 Å². The molecule has 0 aromatic carbocycles. The van der Waals surface area contributed by atoms with Gasteiger partial charge in [0, 0.05) is 18.7 Å². The lowest BCUT2D eigenvalue weighted by atomic mass is 10.0. The summed E-state index contributed by atoms with van der Waals surface area (Å²) in [7, 11) is 0. The highest BCUT2D eigenvalue weighted by molar-refractivity contribution is 5.80. The second-order valence-electron chi connectivity index (χ2n) is 2.70. The van der Waals surface area contributed by atoms with Crippen LogP contribution in [0.1, 0.15) is 25.7 Å². The molecule has 1 unspecified atom stereocenters. The third-order valence-electron chi connectivity index (χ3n) is 1.80. The van der Waals surface area contributed by atoms with Gasteiger partial charge in [0.15, 0.2) is 0 Å². The zero-order valence-corrected chi connectivity index (χ0v) is 6.12. The van der Waals surface area contributed by atoms with Gasteiger partial charge in [0.2, 0.25) is 0 Å². The predicted molar refractivity (Wildman–Crippen MR) is 41.4 cm³/mol. The molecule has 0 radical (unpaired) electrons. The van der Waals surface area contributed by atoms with Gasteiger partial charge in [-0.05, 0) is 12.8 Å². The van der Waals surface area contributed by atoms with E-state index in [2.05, 4.69) is 4.99 Å². The summed E-state index contributed by atoms with van der Waals surface area (Å²) < 4.78 is 0. The Morgan fingerprint density at radius 1 is 1.40 bits per heavy atom. The summed E-state index contributed by atoms with van der Waals surface area (Å²) in [6.07, 6.45) is 7.37. The second kappa shape index (κ2) is 4.20. The van der Waals surface area contributed by atoms with Gasteiger partial charge >= 0.3 is 0 Å². The molecule has 0 aromatic heterocycles. The summed E-state index contributed by atoms with van der Waals surface area (Å²) in [6, 6.07) is 0. The Morgan fingerprint density at radius 3 is 3.10 bits per heavy atom. The van der Waals surface area contributed by atoms with Crippen LogP contribution in [0.2, 0.25) is 0 Å². The van der Waals surface area contributed by atoms with E-state index in [0.29, 0.717) is 0 Å². The van der Waals surface area contributed by atoms with Crippen LogP contribution in [0.15, 0.2) is 4.99 Å². The number of rotatable bonds is 1. The van der Waals surface area contributed by atoms with Crippen molar-refractivity contribution in [1.29, 1.82) is 0 Å². The van der Waals surface area contributed by atoms with Gasteiger partial charge in [0.25, 0.3) is 0 Å². The highest BCUT2D eigenvalue weighted by atomic mass is 16.1. The molecule has 56 valence electrons. The lowest BCUT2D eigenvalue weighted by Gasteiger charge is -2.06. The first kappa shape index (κ1) is 7.45. The fourth-order valence-corrected chi connectivity index (χ4v) is 1.15. The number of carbonyl (C=O) groups is 1. The second-order valence-corrected chi connectivity index (χ2v) is 2.70. The minimum atomic E-state index is 0.0975. The standard InChI is InChI=1S/C8H13NO/c10-7-8-4-2-1-3-5-9-6-8/h6-8H,1-5H2. The molecular weight excluding hydrogens is 126 g/mol. The van der Waals surface area contributed by atoms with Crippen LogP contribution in [0.5, 0.6) is 0 Å². The summed E-state index contributed by atoms with van der Waals surface area (Å²) in [5.74, 6) is 0.0975. The molecule has 0 aliphatic carbocycles. The van der Waals surface area contributed by atoms with Crippen LogP contribution in [0.4, 0.5) is 0 Å². The summed E-state index contributed by atoms with van der Waals surface area (Å²) >= 11 is 0. The molecule has 0 saturated carbocycles. The predicted octanol–water partition coefficient (Wildman–Crippen LogP) is 1.45. The number of carbonyl (C=O) groups excluding carboxylic acids is 1. The average molecular weight is 139 g/mol. The third-order valence-corrected chi connectivity index (χ3v) is 1.80. The maximum Gasteiger partial charge on any atom is 0.128 e. The van der Waals surface area contributed by atoms with Gasteiger partial charge in [-0.2, -0.15) is 0 Å². The first-order valence-corrected chi connectivity index (χ1v) is 3.89. The van der Waals surface area contributed by atoms with E-state index in [9.17, 15) is 4.79 Å². The van der Waals surface area contributed by atoms with Crippen molar-refractivity contribution in [2.75, 3.05) is 6.54 Å². The van der Waals surface area contributed by atoms with Crippen LogP contribution in [0.25, 0.3) is 0 Å². The van der Waals surface area contributed by atoms with Crippen molar-refractivity contribution < 1.29 is 4.79 Å². The Hall–Kier alpha value is -0.660. The number of aldehydes is 1. The average Bonchev–Trinajstić information content (AvgIpc) is 1.87. The maximum atomic E-state index is 10.3. The normalized spacial score (nSPS) is 27.0. The zero-order chi connectivity index (χ0) is 7.23. The molecule has 1 heterocycles. The SMILES string of the molecule is O=CC1C=NCCCCC1. The van der Waals surface area contributed by atoms with Crippen molar-refractivity contribution in [1.82, 2.24) is 0 Å². The monoisotopic (exact) mass is 139 g/mol. The van der Waals surface area contributed by atoms with Gasteiger partial charge in [-0.25, -0.2) is 0 Å². The zero-order valence-electron chi connectivity index (χ0n) is 6.12. The maximum absolute atomic E-state index is 10.3. The molecule has 1 aliphatic heterocycles. The lowest BCUT2D eigenvalue weighted by molar-refractivity contribution is -0.109. The first-order chi connectivity index (χ1) is 4.93.